The summed E-state index contributed by atoms with van der Waals surface area (Å²) in [6.07, 6.45) is 5.61. The average Bonchev–Trinajstić information content (AvgIpc) is 3.35. The smallest absolute Gasteiger partial charge is 0.253 e. The maximum atomic E-state index is 14.4. The number of carbonyl (C=O) groups is 1. The molecule has 3 aromatic heterocycles. The summed E-state index contributed by atoms with van der Waals surface area (Å²) >= 11 is 1.28. The van der Waals surface area contributed by atoms with Gasteiger partial charge >= 0.3 is 0 Å². The molecule has 0 saturated heterocycles. The van der Waals surface area contributed by atoms with Crippen LogP contribution < -0.4 is 0 Å². The SMILES string of the molecule is O=C(CSc1nnc(-c2ccccc2F)n1C1CC1)N1N=C(c2ccco2)CC1c1ccco1. The lowest BCUT2D eigenvalue weighted by atomic mass is 10.1. The number of hydrazone groups is 1. The molecule has 1 unspecified atom stereocenters. The quantitative estimate of drug-likeness (QED) is 0.345. The van der Waals surface area contributed by atoms with Gasteiger partial charge < -0.3 is 8.83 Å². The normalized spacial score (nSPS) is 17.9. The Kier molecular flexibility index (Phi) is 5.29. The fraction of sp³-hybridized carbons (Fsp3) is 0.250. The number of hydrogen-bond donors (Lipinski definition) is 0. The van der Waals surface area contributed by atoms with Crippen LogP contribution in [0, 0.1) is 5.82 Å². The van der Waals surface area contributed by atoms with Crippen molar-refractivity contribution >= 4 is 23.4 Å². The van der Waals surface area contributed by atoms with Crippen LogP contribution in [0.15, 0.2) is 80.1 Å². The zero-order valence-electron chi connectivity index (χ0n) is 18.0. The molecule has 0 N–H and O–H groups in total. The van der Waals surface area contributed by atoms with E-state index in [1.807, 2.05) is 16.7 Å². The van der Waals surface area contributed by atoms with Gasteiger partial charge in [0.25, 0.3) is 5.91 Å². The van der Waals surface area contributed by atoms with E-state index in [9.17, 15) is 9.18 Å². The molecule has 1 saturated carbocycles. The van der Waals surface area contributed by atoms with Crippen molar-refractivity contribution in [2.45, 2.75) is 36.5 Å². The third-order valence-electron chi connectivity index (χ3n) is 5.86. The summed E-state index contributed by atoms with van der Waals surface area (Å²) in [5.41, 5.74) is 1.10. The second-order valence-electron chi connectivity index (χ2n) is 8.17. The average molecular weight is 478 g/mol. The van der Waals surface area contributed by atoms with Gasteiger partial charge in [-0.15, -0.1) is 10.2 Å². The minimum absolute atomic E-state index is 0.105. The Bertz CT molecular complexity index is 1340. The molecule has 10 heteroatoms. The van der Waals surface area contributed by atoms with Gasteiger partial charge in [0.15, 0.2) is 11.0 Å². The zero-order valence-corrected chi connectivity index (χ0v) is 18.8. The van der Waals surface area contributed by atoms with Crippen LogP contribution in [0.2, 0.25) is 0 Å². The molecule has 34 heavy (non-hydrogen) atoms. The van der Waals surface area contributed by atoms with Crippen molar-refractivity contribution in [3.63, 3.8) is 0 Å². The number of halogens is 1. The molecular formula is C24H20FN5O3S. The number of aromatic nitrogens is 3. The predicted octanol–water partition coefficient (Wildman–Crippen LogP) is 5.08. The van der Waals surface area contributed by atoms with Gasteiger partial charge in [-0.2, -0.15) is 5.10 Å². The molecule has 1 aromatic carbocycles. The standard InChI is InChI=1S/C24H20FN5O3S/c25-17-6-2-1-5-16(17)23-26-27-24(29(23)15-9-10-15)34-14-22(31)30-19(21-8-4-12-33-21)13-18(28-30)20-7-3-11-32-20/h1-8,11-12,15,19H,9-10,13-14H2. The Morgan fingerprint density at radius 3 is 2.62 bits per heavy atom. The number of benzene rings is 1. The number of nitrogens with zero attached hydrogens (tertiary/aromatic N) is 5. The molecule has 1 amide bonds. The van der Waals surface area contributed by atoms with Crippen molar-refractivity contribution in [2.75, 3.05) is 5.75 Å². The predicted molar refractivity (Wildman–Crippen MR) is 123 cm³/mol. The highest BCUT2D eigenvalue weighted by molar-refractivity contribution is 7.99. The summed E-state index contributed by atoms with van der Waals surface area (Å²) < 4.78 is 27.4. The Balaban J connectivity index is 1.24. The zero-order chi connectivity index (χ0) is 23.1. The molecule has 4 heterocycles. The van der Waals surface area contributed by atoms with Crippen LogP contribution in [0.3, 0.4) is 0 Å². The Hall–Kier alpha value is -3.66. The first kappa shape index (κ1) is 20.9. The lowest BCUT2D eigenvalue weighted by Crippen LogP contribution is -2.28. The van der Waals surface area contributed by atoms with E-state index in [0.717, 1.165) is 12.8 Å². The first-order chi connectivity index (χ1) is 16.7. The summed E-state index contributed by atoms with van der Waals surface area (Å²) in [7, 11) is 0. The largest absolute Gasteiger partial charge is 0.467 e. The van der Waals surface area contributed by atoms with Crippen molar-refractivity contribution in [2.24, 2.45) is 5.10 Å². The molecule has 1 aliphatic heterocycles. The second kappa shape index (κ2) is 8.60. The Morgan fingerprint density at radius 2 is 1.88 bits per heavy atom. The van der Waals surface area contributed by atoms with E-state index in [-0.39, 0.29) is 29.6 Å². The topological polar surface area (TPSA) is 89.7 Å². The fourth-order valence-electron chi connectivity index (χ4n) is 4.09. The van der Waals surface area contributed by atoms with E-state index in [2.05, 4.69) is 15.3 Å². The van der Waals surface area contributed by atoms with E-state index in [1.54, 1.807) is 42.9 Å². The van der Waals surface area contributed by atoms with E-state index in [1.165, 1.54) is 22.8 Å². The molecule has 4 aromatic rings. The van der Waals surface area contributed by atoms with Gasteiger partial charge in [0, 0.05) is 12.5 Å². The maximum absolute atomic E-state index is 14.4. The number of furan rings is 2. The second-order valence-corrected chi connectivity index (χ2v) is 9.12. The van der Waals surface area contributed by atoms with Gasteiger partial charge in [0.2, 0.25) is 0 Å². The van der Waals surface area contributed by atoms with Gasteiger partial charge in [-0.25, -0.2) is 9.40 Å². The Morgan fingerprint density at radius 1 is 1.06 bits per heavy atom. The molecule has 6 rings (SSSR count). The molecule has 1 fully saturated rings. The molecule has 2 aliphatic rings. The van der Waals surface area contributed by atoms with Gasteiger partial charge in [0.1, 0.15) is 29.1 Å². The lowest BCUT2D eigenvalue weighted by molar-refractivity contribution is -0.130. The summed E-state index contributed by atoms with van der Waals surface area (Å²) in [5, 5.41) is 15.2. The number of carbonyl (C=O) groups excluding carboxylic acids is 1. The molecule has 0 radical (unpaired) electrons. The summed E-state index contributed by atoms with van der Waals surface area (Å²) in [6.45, 7) is 0. The molecule has 172 valence electrons. The van der Waals surface area contributed by atoms with Gasteiger partial charge in [-0.1, -0.05) is 23.9 Å². The van der Waals surface area contributed by atoms with Crippen LogP contribution in [-0.4, -0.2) is 37.1 Å². The number of rotatable bonds is 7. The summed E-state index contributed by atoms with van der Waals surface area (Å²) in [4.78, 5) is 13.3. The number of hydrogen-bond acceptors (Lipinski definition) is 7. The van der Waals surface area contributed by atoms with E-state index < -0.39 is 0 Å². The Labute approximate surface area is 198 Å². The van der Waals surface area contributed by atoms with Gasteiger partial charge in [0.05, 0.1) is 23.8 Å². The monoisotopic (exact) mass is 477 g/mol. The van der Waals surface area contributed by atoms with E-state index in [4.69, 9.17) is 8.83 Å². The molecular weight excluding hydrogens is 457 g/mol. The molecule has 1 atom stereocenters. The lowest BCUT2D eigenvalue weighted by Gasteiger charge is -2.19. The molecule has 0 bridgehead atoms. The van der Waals surface area contributed by atoms with Gasteiger partial charge in [-0.3, -0.25) is 9.36 Å². The third kappa shape index (κ3) is 3.83. The minimum atomic E-state index is -0.349. The first-order valence-electron chi connectivity index (χ1n) is 11.0. The van der Waals surface area contributed by atoms with Crippen molar-refractivity contribution in [3.8, 4) is 11.4 Å². The van der Waals surface area contributed by atoms with Crippen LogP contribution in [0.1, 0.15) is 42.9 Å². The van der Waals surface area contributed by atoms with Crippen LogP contribution in [0.5, 0.6) is 0 Å². The van der Waals surface area contributed by atoms with Crippen molar-refractivity contribution in [1.82, 2.24) is 19.8 Å². The van der Waals surface area contributed by atoms with E-state index in [0.29, 0.717) is 40.2 Å². The van der Waals surface area contributed by atoms with Crippen molar-refractivity contribution in [1.29, 1.82) is 0 Å². The molecule has 0 spiro atoms. The van der Waals surface area contributed by atoms with Crippen LogP contribution in [0.4, 0.5) is 4.39 Å². The highest BCUT2D eigenvalue weighted by Crippen LogP contribution is 2.42. The highest BCUT2D eigenvalue weighted by atomic mass is 32.2. The van der Waals surface area contributed by atoms with Crippen molar-refractivity contribution < 1.29 is 18.0 Å². The third-order valence-corrected chi connectivity index (χ3v) is 6.79. The van der Waals surface area contributed by atoms with Crippen LogP contribution in [0.25, 0.3) is 11.4 Å². The van der Waals surface area contributed by atoms with Crippen molar-refractivity contribution in [3.05, 3.63) is 78.4 Å². The summed E-state index contributed by atoms with van der Waals surface area (Å²) in [5.74, 6) is 1.35. The molecule has 1 aliphatic carbocycles. The maximum Gasteiger partial charge on any atom is 0.253 e. The van der Waals surface area contributed by atoms with Gasteiger partial charge in [-0.05, 0) is 49.2 Å². The number of thioether (sulfide) groups is 1. The molecule has 8 nitrogen and oxygen atoms in total. The van der Waals surface area contributed by atoms with E-state index >= 15 is 0 Å². The first-order valence-corrected chi connectivity index (χ1v) is 12.0. The number of amides is 1. The fourth-order valence-corrected chi connectivity index (χ4v) is 4.95. The van der Waals surface area contributed by atoms with Crippen LogP contribution >= 0.6 is 11.8 Å². The summed E-state index contributed by atoms with van der Waals surface area (Å²) in [6, 6.07) is 13.6. The highest BCUT2D eigenvalue weighted by Gasteiger charge is 2.36. The minimum Gasteiger partial charge on any atom is -0.467 e. The van der Waals surface area contributed by atoms with Crippen LogP contribution in [-0.2, 0) is 4.79 Å².